The van der Waals surface area contributed by atoms with E-state index in [1.807, 2.05) is 13.8 Å². The fraction of sp³-hybridized carbons (Fsp3) is 0.364. The molecule has 0 aliphatic carbocycles. The van der Waals surface area contributed by atoms with Gasteiger partial charge in [-0.1, -0.05) is 0 Å². The number of hydrogen-bond acceptors (Lipinski definition) is 3. The van der Waals surface area contributed by atoms with E-state index in [1.165, 1.54) is 6.07 Å². The molecule has 0 unspecified atom stereocenters. The predicted octanol–water partition coefficient (Wildman–Crippen LogP) is 0.729. The van der Waals surface area contributed by atoms with E-state index in [1.54, 1.807) is 16.7 Å². The molecule has 86 valence electrons. The van der Waals surface area contributed by atoms with Gasteiger partial charge in [-0.15, -0.1) is 0 Å². The van der Waals surface area contributed by atoms with Gasteiger partial charge in [-0.05, 0) is 26.0 Å². The Kier molecular flexibility index (Phi) is 2.27. The maximum absolute atomic E-state index is 11.8. The first-order valence-corrected chi connectivity index (χ1v) is 5.10. The molecule has 0 atom stereocenters. The molecule has 0 amide bonds. The van der Waals surface area contributed by atoms with Gasteiger partial charge >= 0.3 is 5.69 Å². The summed E-state index contributed by atoms with van der Waals surface area (Å²) in [6, 6.07) is 4.78. The number of imidazole rings is 1. The second-order valence-electron chi connectivity index (χ2n) is 4.48. The molecule has 0 saturated carbocycles. The van der Waals surface area contributed by atoms with E-state index in [4.69, 9.17) is 5.73 Å². The van der Waals surface area contributed by atoms with E-state index in [0.717, 1.165) is 0 Å². The molecule has 1 aromatic carbocycles. The van der Waals surface area contributed by atoms with Crippen molar-refractivity contribution in [2.45, 2.75) is 19.4 Å². The topological polar surface area (TPSA) is 84.0 Å². The Balaban J connectivity index is 2.83. The lowest BCUT2D eigenvalue weighted by molar-refractivity contribution is 0.367. The van der Waals surface area contributed by atoms with Crippen molar-refractivity contribution in [3.63, 3.8) is 0 Å². The van der Waals surface area contributed by atoms with E-state index >= 15 is 0 Å². The number of fused-ring (bicyclic) bond motifs is 1. The second kappa shape index (κ2) is 3.38. The lowest BCUT2D eigenvalue weighted by atomic mass is 10.1. The third-order valence-corrected chi connectivity index (χ3v) is 2.77. The molecule has 0 radical (unpaired) electrons. The molecule has 0 spiro atoms. The molecule has 4 N–H and O–H groups in total. The van der Waals surface area contributed by atoms with Crippen molar-refractivity contribution in [1.29, 1.82) is 0 Å². The third kappa shape index (κ3) is 1.49. The zero-order valence-corrected chi connectivity index (χ0v) is 9.32. The van der Waals surface area contributed by atoms with Crippen molar-refractivity contribution in [2.75, 3.05) is 6.54 Å². The van der Waals surface area contributed by atoms with Crippen LogP contribution >= 0.6 is 0 Å². The zero-order chi connectivity index (χ0) is 11.9. The number of hydrogen-bond donors (Lipinski definition) is 3. The minimum absolute atomic E-state index is 0.132. The fourth-order valence-corrected chi connectivity index (χ4v) is 1.78. The van der Waals surface area contributed by atoms with Crippen molar-refractivity contribution < 1.29 is 5.11 Å². The predicted molar refractivity (Wildman–Crippen MR) is 62.6 cm³/mol. The van der Waals surface area contributed by atoms with Crippen LogP contribution in [0.5, 0.6) is 5.75 Å². The summed E-state index contributed by atoms with van der Waals surface area (Å²) in [6.45, 7) is 4.10. The first kappa shape index (κ1) is 10.8. The van der Waals surface area contributed by atoms with Gasteiger partial charge in [0.05, 0.1) is 16.6 Å². The normalized spacial score (nSPS) is 12.2. The second-order valence-corrected chi connectivity index (χ2v) is 4.48. The number of phenolic OH excluding ortho intramolecular Hbond substituents is 1. The van der Waals surface area contributed by atoms with Crippen molar-refractivity contribution in [3.8, 4) is 5.75 Å². The van der Waals surface area contributed by atoms with Crippen molar-refractivity contribution in [3.05, 3.63) is 28.7 Å². The summed E-state index contributed by atoms with van der Waals surface area (Å²) in [7, 11) is 0. The van der Waals surface area contributed by atoms with Crippen LogP contribution in [-0.4, -0.2) is 21.2 Å². The van der Waals surface area contributed by atoms with E-state index in [-0.39, 0.29) is 11.4 Å². The highest BCUT2D eigenvalue weighted by Crippen LogP contribution is 2.22. The Hall–Kier alpha value is -1.75. The molecule has 0 fully saturated rings. The third-order valence-electron chi connectivity index (χ3n) is 2.77. The Labute approximate surface area is 92.5 Å². The number of aromatic hydroxyl groups is 1. The average molecular weight is 221 g/mol. The van der Waals surface area contributed by atoms with Gasteiger partial charge in [-0.3, -0.25) is 4.57 Å². The quantitative estimate of drug-likeness (QED) is 0.699. The summed E-state index contributed by atoms with van der Waals surface area (Å²) in [5.41, 5.74) is 6.33. The number of nitrogens with one attached hydrogen (secondary N) is 1. The lowest BCUT2D eigenvalue weighted by Gasteiger charge is -2.24. The Morgan fingerprint density at radius 1 is 1.50 bits per heavy atom. The van der Waals surface area contributed by atoms with Crippen LogP contribution < -0.4 is 11.4 Å². The van der Waals surface area contributed by atoms with Gasteiger partial charge < -0.3 is 15.8 Å². The number of benzene rings is 1. The number of phenols is 1. The molecule has 0 bridgehead atoms. The lowest BCUT2D eigenvalue weighted by Crippen LogP contribution is -2.40. The number of nitrogens with zero attached hydrogens (tertiary/aromatic N) is 1. The maximum Gasteiger partial charge on any atom is 0.327 e. The molecule has 0 aliphatic rings. The zero-order valence-electron chi connectivity index (χ0n) is 9.32. The van der Waals surface area contributed by atoms with Gasteiger partial charge in [-0.2, -0.15) is 0 Å². The SMILES string of the molecule is CC(C)(CN)n1c(=O)[nH]c2ccc(O)cc21. The van der Waals surface area contributed by atoms with Crippen LogP contribution in [0.15, 0.2) is 23.0 Å². The highest BCUT2D eigenvalue weighted by atomic mass is 16.3. The van der Waals surface area contributed by atoms with E-state index < -0.39 is 5.54 Å². The van der Waals surface area contributed by atoms with Gasteiger partial charge in [0.1, 0.15) is 5.75 Å². The van der Waals surface area contributed by atoms with Crippen LogP contribution in [0, 0.1) is 0 Å². The number of nitrogens with two attached hydrogens (primary N) is 1. The Morgan fingerprint density at radius 3 is 2.81 bits per heavy atom. The van der Waals surface area contributed by atoms with Crippen molar-refractivity contribution in [2.24, 2.45) is 5.73 Å². The standard InChI is InChI=1S/C11H15N3O2/c1-11(2,6-12)14-9-5-7(15)3-4-8(9)13-10(14)16/h3-5,15H,6,12H2,1-2H3,(H,13,16). The summed E-state index contributed by atoms with van der Waals surface area (Å²) in [5, 5.41) is 9.44. The number of aromatic nitrogens is 2. The average Bonchev–Trinajstić information content (AvgIpc) is 2.54. The summed E-state index contributed by atoms with van der Waals surface area (Å²) in [4.78, 5) is 14.6. The maximum atomic E-state index is 11.8. The van der Waals surface area contributed by atoms with Gasteiger partial charge in [-0.25, -0.2) is 4.79 Å². The molecule has 5 nitrogen and oxygen atoms in total. The Bertz CT molecular complexity index is 580. The van der Waals surface area contributed by atoms with Gasteiger partial charge in [0.2, 0.25) is 0 Å². The van der Waals surface area contributed by atoms with Crippen LogP contribution in [0.4, 0.5) is 0 Å². The molecule has 2 aromatic rings. The summed E-state index contributed by atoms with van der Waals surface area (Å²) in [6.07, 6.45) is 0. The number of rotatable bonds is 2. The first-order chi connectivity index (χ1) is 7.45. The van der Waals surface area contributed by atoms with E-state index in [0.29, 0.717) is 17.6 Å². The molecule has 0 saturated heterocycles. The van der Waals surface area contributed by atoms with Crippen LogP contribution in [0.25, 0.3) is 11.0 Å². The Morgan fingerprint density at radius 2 is 2.19 bits per heavy atom. The largest absolute Gasteiger partial charge is 0.508 e. The van der Waals surface area contributed by atoms with E-state index in [2.05, 4.69) is 4.98 Å². The summed E-state index contributed by atoms with van der Waals surface area (Å²) < 4.78 is 1.57. The van der Waals surface area contributed by atoms with Crippen LogP contribution in [-0.2, 0) is 5.54 Å². The monoisotopic (exact) mass is 221 g/mol. The molecule has 1 aromatic heterocycles. The fourth-order valence-electron chi connectivity index (χ4n) is 1.78. The highest BCUT2D eigenvalue weighted by Gasteiger charge is 2.23. The smallest absolute Gasteiger partial charge is 0.327 e. The molecule has 2 rings (SSSR count). The van der Waals surface area contributed by atoms with Crippen LogP contribution in [0.2, 0.25) is 0 Å². The van der Waals surface area contributed by atoms with E-state index in [9.17, 15) is 9.90 Å². The highest BCUT2D eigenvalue weighted by molar-refractivity contribution is 5.77. The summed E-state index contributed by atoms with van der Waals surface area (Å²) in [5.74, 6) is 0.132. The van der Waals surface area contributed by atoms with Crippen molar-refractivity contribution >= 4 is 11.0 Å². The summed E-state index contributed by atoms with van der Waals surface area (Å²) >= 11 is 0. The van der Waals surface area contributed by atoms with Crippen LogP contribution in [0.1, 0.15) is 13.8 Å². The molecule has 0 aliphatic heterocycles. The number of H-pyrrole nitrogens is 1. The minimum atomic E-state index is -0.483. The van der Waals surface area contributed by atoms with Gasteiger partial charge in [0, 0.05) is 12.6 Å². The molecule has 1 heterocycles. The molecular formula is C11H15N3O2. The molecular weight excluding hydrogens is 206 g/mol. The number of aromatic amines is 1. The first-order valence-electron chi connectivity index (χ1n) is 5.10. The van der Waals surface area contributed by atoms with Crippen molar-refractivity contribution in [1.82, 2.24) is 9.55 Å². The minimum Gasteiger partial charge on any atom is -0.508 e. The molecule has 5 heteroatoms. The van der Waals surface area contributed by atoms with Gasteiger partial charge in [0.15, 0.2) is 0 Å². The van der Waals surface area contributed by atoms with Gasteiger partial charge in [0.25, 0.3) is 0 Å². The molecule has 16 heavy (non-hydrogen) atoms. The van der Waals surface area contributed by atoms with Crippen LogP contribution in [0.3, 0.4) is 0 Å².